The average Bonchev–Trinajstić information content (AvgIpc) is 2.24. The van der Waals surface area contributed by atoms with Gasteiger partial charge in [-0.05, 0) is 32.7 Å². The summed E-state index contributed by atoms with van der Waals surface area (Å²) < 4.78 is 5.17. The fourth-order valence-corrected chi connectivity index (χ4v) is 2.17. The molecule has 2 N–H and O–H groups in total. The van der Waals surface area contributed by atoms with Crippen LogP contribution in [-0.2, 0) is 9.53 Å². The van der Waals surface area contributed by atoms with E-state index in [0.29, 0.717) is 31.6 Å². The van der Waals surface area contributed by atoms with Gasteiger partial charge in [-0.1, -0.05) is 6.92 Å². The molecule has 0 radical (unpaired) electrons. The number of nitrogens with one attached hydrogen (secondary N) is 2. The number of rotatable bonds is 5. The van der Waals surface area contributed by atoms with E-state index in [0.717, 1.165) is 13.0 Å². The van der Waals surface area contributed by atoms with Gasteiger partial charge in [-0.2, -0.15) is 0 Å². The topological polar surface area (TPSA) is 50.4 Å². The first-order valence-corrected chi connectivity index (χ1v) is 6.25. The van der Waals surface area contributed by atoms with Crippen molar-refractivity contribution in [3.05, 3.63) is 0 Å². The summed E-state index contributed by atoms with van der Waals surface area (Å²) in [4.78, 5) is 11.7. The molecule has 16 heavy (non-hydrogen) atoms. The van der Waals surface area contributed by atoms with Gasteiger partial charge < -0.3 is 15.4 Å². The van der Waals surface area contributed by atoms with E-state index in [-0.39, 0.29) is 11.9 Å². The standard InChI is InChI=1S/C12H24N2O2/c1-4-16-8-6-11(15)14-12-9(2)5-7-13-10(12)3/h9-10,12-13H,4-8H2,1-3H3,(H,14,15). The van der Waals surface area contributed by atoms with Crippen LogP contribution in [0.15, 0.2) is 0 Å². The molecule has 1 heterocycles. The number of piperidine rings is 1. The molecule has 0 aromatic rings. The molecule has 0 aromatic carbocycles. The highest BCUT2D eigenvalue weighted by Gasteiger charge is 2.28. The van der Waals surface area contributed by atoms with Crippen molar-refractivity contribution in [2.24, 2.45) is 5.92 Å². The normalized spacial score (nSPS) is 30.1. The van der Waals surface area contributed by atoms with Crippen LogP contribution in [0.25, 0.3) is 0 Å². The Labute approximate surface area is 98.1 Å². The van der Waals surface area contributed by atoms with Crippen molar-refractivity contribution in [2.45, 2.75) is 45.7 Å². The fourth-order valence-electron chi connectivity index (χ4n) is 2.17. The fraction of sp³-hybridized carbons (Fsp3) is 0.917. The van der Waals surface area contributed by atoms with Gasteiger partial charge in [-0.15, -0.1) is 0 Å². The Balaban J connectivity index is 2.30. The predicted octanol–water partition coefficient (Wildman–Crippen LogP) is 0.916. The summed E-state index contributed by atoms with van der Waals surface area (Å²) >= 11 is 0. The van der Waals surface area contributed by atoms with E-state index in [9.17, 15) is 4.79 Å². The van der Waals surface area contributed by atoms with Gasteiger partial charge in [0, 0.05) is 25.1 Å². The summed E-state index contributed by atoms with van der Waals surface area (Å²) in [6.45, 7) is 8.51. The molecule has 1 rings (SSSR count). The number of amides is 1. The second-order valence-electron chi connectivity index (χ2n) is 4.55. The molecular formula is C12H24N2O2. The average molecular weight is 228 g/mol. The summed E-state index contributed by atoms with van der Waals surface area (Å²) in [6, 6.07) is 0.614. The molecule has 0 aromatic heterocycles. The van der Waals surface area contributed by atoms with E-state index < -0.39 is 0 Å². The van der Waals surface area contributed by atoms with E-state index in [4.69, 9.17) is 4.74 Å². The van der Waals surface area contributed by atoms with E-state index in [1.165, 1.54) is 0 Å². The van der Waals surface area contributed by atoms with Crippen molar-refractivity contribution in [2.75, 3.05) is 19.8 Å². The van der Waals surface area contributed by atoms with Gasteiger partial charge in [0.25, 0.3) is 0 Å². The van der Waals surface area contributed by atoms with Crippen LogP contribution in [-0.4, -0.2) is 37.7 Å². The quantitative estimate of drug-likeness (QED) is 0.688. The third-order valence-corrected chi connectivity index (χ3v) is 3.22. The Morgan fingerprint density at radius 1 is 1.50 bits per heavy atom. The molecule has 94 valence electrons. The SMILES string of the molecule is CCOCCC(=O)NC1C(C)CCNC1C. The maximum atomic E-state index is 11.7. The maximum absolute atomic E-state index is 11.7. The number of hydrogen-bond donors (Lipinski definition) is 2. The monoisotopic (exact) mass is 228 g/mol. The maximum Gasteiger partial charge on any atom is 0.222 e. The van der Waals surface area contributed by atoms with Gasteiger partial charge in [0.15, 0.2) is 0 Å². The molecule has 3 atom stereocenters. The lowest BCUT2D eigenvalue weighted by Crippen LogP contribution is -2.56. The highest BCUT2D eigenvalue weighted by atomic mass is 16.5. The zero-order chi connectivity index (χ0) is 12.0. The van der Waals surface area contributed by atoms with Crippen LogP contribution < -0.4 is 10.6 Å². The van der Waals surface area contributed by atoms with Crippen molar-refractivity contribution in [3.8, 4) is 0 Å². The lowest BCUT2D eigenvalue weighted by molar-refractivity contribution is -0.123. The largest absolute Gasteiger partial charge is 0.381 e. The Morgan fingerprint density at radius 3 is 2.88 bits per heavy atom. The van der Waals surface area contributed by atoms with E-state index >= 15 is 0 Å². The first-order valence-electron chi connectivity index (χ1n) is 6.25. The second-order valence-corrected chi connectivity index (χ2v) is 4.55. The lowest BCUT2D eigenvalue weighted by atomic mass is 9.89. The molecule has 4 nitrogen and oxygen atoms in total. The third-order valence-electron chi connectivity index (χ3n) is 3.22. The summed E-state index contributed by atoms with van der Waals surface area (Å²) in [5.41, 5.74) is 0. The summed E-state index contributed by atoms with van der Waals surface area (Å²) in [5, 5.41) is 6.48. The minimum Gasteiger partial charge on any atom is -0.381 e. The zero-order valence-corrected chi connectivity index (χ0v) is 10.6. The van der Waals surface area contributed by atoms with Crippen LogP contribution in [0.1, 0.15) is 33.6 Å². The molecule has 1 saturated heterocycles. The highest BCUT2D eigenvalue weighted by molar-refractivity contribution is 5.76. The molecule has 0 aliphatic carbocycles. The second kappa shape index (κ2) is 6.86. The van der Waals surface area contributed by atoms with Crippen LogP contribution in [0.5, 0.6) is 0 Å². The van der Waals surface area contributed by atoms with E-state index in [2.05, 4.69) is 24.5 Å². The number of ether oxygens (including phenoxy) is 1. The molecule has 1 aliphatic rings. The van der Waals surface area contributed by atoms with Gasteiger partial charge in [0.05, 0.1) is 6.61 Å². The van der Waals surface area contributed by atoms with Gasteiger partial charge in [-0.25, -0.2) is 0 Å². The van der Waals surface area contributed by atoms with Crippen molar-refractivity contribution in [1.29, 1.82) is 0 Å². The molecule has 1 aliphatic heterocycles. The predicted molar refractivity (Wildman–Crippen MR) is 64.3 cm³/mol. The van der Waals surface area contributed by atoms with Crippen LogP contribution >= 0.6 is 0 Å². The van der Waals surface area contributed by atoms with Gasteiger partial charge >= 0.3 is 0 Å². The van der Waals surface area contributed by atoms with E-state index in [1.54, 1.807) is 0 Å². The molecule has 0 bridgehead atoms. The Hall–Kier alpha value is -0.610. The minimum absolute atomic E-state index is 0.0980. The van der Waals surface area contributed by atoms with Crippen molar-refractivity contribution < 1.29 is 9.53 Å². The molecule has 4 heteroatoms. The Kier molecular flexibility index (Phi) is 5.77. The molecular weight excluding hydrogens is 204 g/mol. The lowest BCUT2D eigenvalue weighted by Gasteiger charge is -2.36. The smallest absolute Gasteiger partial charge is 0.222 e. The molecule has 0 spiro atoms. The molecule has 1 amide bonds. The van der Waals surface area contributed by atoms with Crippen LogP contribution in [0.4, 0.5) is 0 Å². The number of carbonyl (C=O) groups is 1. The number of carbonyl (C=O) groups excluding carboxylic acids is 1. The molecule has 1 fully saturated rings. The summed E-state index contributed by atoms with van der Waals surface area (Å²) in [7, 11) is 0. The van der Waals surface area contributed by atoms with Crippen molar-refractivity contribution >= 4 is 5.91 Å². The zero-order valence-electron chi connectivity index (χ0n) is 10.6. The van der Waals surface area contributed by atoms with Gasteiger partial charge in [0.2, 0.25) is 5.91 Å². The van der Waals surface area contributed by atoms with Crippen molar-refractivity contribution in [3.63, 3.8) is 0 Å². The minimum atomic E-state index is 0.0980. The van der Waals surface area contributed by atoms with Crippen molar-refractivity contribution in [1.82, 2.24) is 10.6 Å². The molecule has 0 saturated carbocycles. The molecule has 3 unspecified atom stereocenters. The van der Waals surface area contributed by atoms with Crippen LogP contribution in [0, 0.1) is 5.92 Å². The van der Waals surface area contributed by atoms with Crippen LogP contribution in [0.3, 0.4) is 0 Å². The first-order chi connectivity index (χ1) is 7.65. The van der Waals surface area contributed by atoms with E-state index in [1.807, 2.05) is 6.92 Å². The van der Waals surface area contributed by atoms with Crippen LogP contribution in [0.2, 0.25) is 0 Å². The highest BCUT2D eigenvalue weighted by Crippen LogP contribution is 2.16. The Bertz CT molecular complexity index is 211. The number of hydrogen-bond acceptors (Lipinski definition) is 3. The van der Waals surface area contributed by atoms with Gasteiger partial charge in [0.1, 0.15) is 0 Å². The summed E-state index contributed by atoms with van der Waals surface area (Å²) in [6.07, 6.45) is 1.59. The van der Waals surface area contributed by atoms with Gasteiger partial charge in [-0.3, -0.25) is 4.79 Å². The third kappa shape index (κ3) is 4.10. The summed E-state index contributed by atoms with van der Waals surface area (Å²) in [5.74, 6) is 0.646. The Morgan fingerprint density at radius 2 is 2.25 bits per heavy atom. The first kappa shape index (κ1) is 13.5.